The molecule has 108 valence electrons. The van der Waals surface area contributed by atoms with E-state index in [1.54, 1.807) is 29.1 Å². The lowest BCUT2D eigenvalue weighted by atomic mass is 10.1. The largest absolute Gasteiger partial charge is 0.398 e. The first-order chi connectivity index (χ1) is 9.49. The number of rotatable bonds is 5. The molecule has 0 fully saturated rings. The van der Waals surface area contributed by atoms with Crippen molar-refractivity contribution in [2.45, 2.75) is 25.1 Å². The van der Waals surface area contributed by atoms with Gasteiger partial charge in [0.25, 0.3) is 0 Å². The molecule has 0 aliphatic heterocycles. The Morgan fingerprint density at radius 3 is 2.90 bits per heavy atom. The van der Waals surface area contributed by atoms with E-state index in [9.17, 15) is 4.21 Å². The smallest absolute Gasteiger partial charge is 0.184 e. The maximum absolute atomic E-state index is 11.4. The average Bonchev–Trinajstić information content (AvgIpc) is 2.84. The van der Waals surface area contributed by atoms with Crippen LogP contribution in [-0.4, -0.2) is 35.9 Å². The molecule has 1 heterocycles. The van der Waals surface area contributed by atoms with Gasteiger partial charge in [0.15, 0.2) is 5.82 Å². The summed E-state index contributed by atoms with van der Waals surface area (Å²) in [5.41, 5.74) is 7.21. The number of nitrogens with zero attached hydrogens (tertiary/aromatic N) is 4. The van der Waals surface area contributed by atoms with Crippen molar-refractivity contribution in [3.8, 4) is 11.4 Å². The fraction of sp³-hybridized carbons (Fsp3) is 0.417. The number of nitrogens with two attached hydrogens (primary N) is 1. The molecular weight excluding hydrogens is 298 g/mol. The number of anilines is 1. The van der Waals surface area contributed by atoms with E-state index in [4.69, 9.17) is 17.3 Å². The molecule has 0 spiro atoms. The van der Waals surface area contributed by atoms with Gasteiger partial charge in [-0.05, 0) is 35.0 Å². The third-order valence-electron chi connectivity index (χ3n) is 3.10. The topological polar surface area (TPSA) is 86.7 Å². The summed E-state index contributed by atoms with van der Waals surface area (Å²) in [6, 6.07) is 5.21. The van der Waals surface area contributed by atoms with Crippen molar-refractivity contribution < 1.29 is 4.21 Å². The fourth-order valence-corrected chi connectivity index (χ4v) is 2.37. The maximum Gasteiger partial charge on any atom is 0.184 e. The van der Waals surface area contributed by atoms with Crippen LogP contribution in [0.2, 0.25) is 5.02 Å². The summed E-state index contributed by atoms with van der Waals surface area (Å²) < 4.78 is 13.0. The second kappa shape index (κ2) is 6.32. The summed E-state index contributed by atoms with van der Waals surface area (Å²) in [5, 5.41) is 12.3. The van der Waals surface area contributed by atoms with Crippen molar-refractivity contribution in [3.05, 3.63) is 23.2 Å². The Morgan fingerprint density at radius 2 is 2.25 bits per heavy atom. The second-order valence-electron chi connectivity index (χ2n) is 4.56. The molecule has 20 heavy (non-hydrogen) atoms. The van der Waals surface area contributed by atoms with Gasteiger partial charge >= 0.3 is 0 Å². The normalized spacial score (nSPS) is 14.2. The number of tetrazole rings is 1. The molecule has 0 bridgehead atoms. The molecule has 2 N–H and O–H groups in total. The number of nitrogen functional groups attached to an aromatic ring is 1. The number of aromatic nitrogens is 4. The van der Waals surface area contributed by atoms with Crippen molar-refractivity contribution in [3.63, 3.8) is 0 Å². The summed E-state index contributed by atoms with van der Waals surface area (Å²) in [6.07, 6.45) is 2.43. The van der Waals surface area contributed by atoms with Crippen LogP contribution in [0.1, 0.15) is 13.3 Å². The molecule has 0 aliphatic carbocycles. The predicted octanol–water partition coefficient (Wildman–Crippen LogP) is 1.73. The third kappa shape index (κ3) is 3.34. The minimum Gasteiger partial charge on any atom is -0.398 e. The Bertz CT molecular complexity index is 630. The van der Waals surface area contributed by atoms with Crippen LogP contribution in [0.5, 0.6) is 0 Å². The lowest BCUT2D eigenvalue weighted by molar-refractivity contribution is 0.556. The van der Waals surface area contributed by atoms with Gasteiger partial charge in [0.2, 0.25) is 0 Å². The summed E-state index contributed by atoms with van der Waals surface area (Å²) in [5.74, 6) is 0.591. The minimum absolute atomic E-state index is 0.0922. The van der Waals surface area contributed by atoms with E-state index in [-0.39, 0.29) is 5.25 Å². The van der Waals surface area contributed by atoms with E-state index in [2.05, 4.69) is 15.5 Å². The van der Waals surface area contributed by atoms with Gasteiger partial charge in [-0.25, -0.2) is 4.68 Å². The highest BCUT2D eigenvalue weighted by atomic mass is 35.5. The van der Waals surface area contributed by atoms with Crippen molar-refractivity contribution in [1.29, 1.82) is 0 Å². The van der Waals surface area contributed by atoms with Crippen LogP contribution >= 0.6 is 11.6 Å². The van der Waals surface area contributed by atoms with Crippen LogP contribution in [0.3, 0.4) is 0 Å². The summed E-state index contributed by atoms with van der Waals surface area (Å²) in [7, 11) is -0.854. The highest BCUT2D eigenvalue weighted by molar-refractivity contribution is 7.84. The maximum atomic E-state index is 11.4. The first-order valence-corrected chi connectivity index (χ1v) is 8.12. The monoisotopic (exact) mass is 313 g/mol. The molecule has 2 rings (SSSR count). The standard InChI is InChI=1S/C12H16ClN5OS/c1-8(20(2)19)5-6-18-12(15-16-17-18)10-4-3-9(13)7-11(10)14/h3-4,7-8H,5-6,14H2,1-2H3. The zero-order valence-electron chi connectivity index (χ0n) is 11.3. The Labute approximate surface area is 124 Å². The molecule has 0 saturated carbocycles. The van der Waals surface area contributed by atoms with Gasteiger partial charge in [-0.1, -0.05) is 18.5 Å². The molecule has 0 saturated heterocycles. The molecule has 1 aromatic carbocycles. The van der Waals surface area contributed by atoms with Gasteiger partial charge < -0.3 is 5.73 Å². The van der Waals surface area contributed by atoms with E-state index in [0.29, 0.717) is 23.1 Å². The second-order valence-corrected chi connectivity index (χ2v) is 6.79. The Hall–Kier alpha value is -1.47. The van der Waals surface area contributed by atoms with Crippen LogP contribution in [0.4, 0.5) is 5.69 Å². The Balaban J connectivity index is 2.22. The Morgan fingerprint density at radius 1 is 1.50 bits per heavy atom. The molecule has 2 aromatic rings. The van der Waals surface area contributed by atoms with Gasteiger partial charge in [-0.3, -0.25) is 4.21 Å². The molecule has 8 heteroatoms. The summed E-state index contributed by atoms with van der Waals surface area (Å²) in [6.45, 7) is 2.53. The molecule has 1 aromatic heterocycles. The van der Waals surface area contributed by atoms with Crippen molar-refractivity contribution in [2.75, 3.05) is 12.0 Å². The van der Waals surface area contributed by atoms with Crippen molar-refractivity contribution >= 4 is 28.1 Å². The number of benzene rings is 1. The van der Waals surface area contributed by atoms with E-state index < -0.39 is 10.8 Å². The van der Waals surface area contributed by atoms with E-state index in [1.165, 1.54) is 0 Å². The summed E-state index contributed by atoms with van der Waals surface area (Å²) in [4.78, 5) is 0. The van der Waals surface area contributed by atoms with Gasteiger partial charge in [0.1, 0.15) is 0 Å². The van der Waals surface area contributed by atoms with Crippen LogP contribution < -0.4 is 5.73 Å². The highest BCUT2D eigenvalue weighted by Crippen LogP contribution is 2.26. The molecule has 6 nitrogen and oxygen atoms in total. The van der Waals surface area contributed by atoms with E-state index in [0.717, 1.165) is 12.0 Å². The van der Waals surface area contributed by atoms with Crippen LogP contribution in [-0.2, 0) is 17.3 Å². The van der Waals surface area contributed by atoms with Crippen LogP contribution in [0, 0.1) is 0 Å². The zero-order valence-corrected chi connectivity index (χ0v) is 12.9. The molecular formula is C12H16ClN5OS. The number of aryl methyl sites for hydroxylation is 1. The first-order valence-electron chi connectivity index (χ1n) is 6.13. The van der Waals surface area contributed by atoms with Crippen LogP contribution in [0.15, 0.2) is 18.2 Å². The van der Waals surface area contributed by atoms with Gasteiger partial charge in [0.05, 0.1) is 0 Å². The predicted molar refractivity (Wildman–Crippen MR) is 80.8 cm³/mol. The van der Waals surface area contributed by atoms with Crippen molar-refractivity contribution in [2.24, 2.45) is 0 Å². The first kappa shape index (κ1) is 14.9. The molecule has 0 amide bonds. The average molecular weight is 314 g/mol. The molecule has 2 unspecified atom stereocenters. The number of halogens is 1. The van der Waals surface area contributed by atoms with Gasteiger partial charge in [-0.15, -0.1) is 5.10 Å². The quantitative estimate of drug-likeness (QED) is 0.849. The Kier molecular flexibility index (Phi) is 4.72. The highest BCUT2D eigenvalue weighted by Gasteiger charge is 2.14. The van der Waals surface area contributed by atoms with E-state index >= 15 is 0 Å². The number of hydrogen-bond donors (Lipinski definition) is 1. The molecule has 0 aliphatic rings. The molecule has 0 radical (unpaired) electrons. The van der Waals surface area contributed by atoms with Gasteiger partial charge in [-0.2, -0.15) is 0 Å². The molecule has 2 atom stereocenters. The lowest BCUT2D eigenvalue weighted by Crippen LogP contribution is -2.14. The van der Waals surface area contributed by atoms with Crippen LogP contribution in [0.25, 0.3) is 11.4 Å². The zero-order chi connectivity index (χ0) is 14.7. The fourth-order valence-electron chi connectivity index (χ4n) is 1.76. The van der Waals surface area contributed by atoms with Gasteiger partial charge in [0, 0.05) is 45.1 Å². The SMILES string of the molecule is CC(CCn1nnnc1-c1ccc(Cl)cc1N)S(C)=O. The van der Waals surface area contributed by atoms with E-state index in [1.807, 2.05) is 6.92 Å². The summed E-state index contributed by atoms with van der Waals surface area (Å²) >= 11 is 5.88. The minimum atomic E-state index is -0.854. The number of hydrogen-bond acceptors (Lipinski definition) is 5. The third-order valence-corrected chi connectivity index (χ3v) is 4.70. The van der Waals surface area contributed by atoms with Crippen molar-refractivity contribution in [1.82, 2.24) is 20.2 Å². The lowest BCUT2D eigenvalue weighted by Gasteiger charge is -2.10.